The Morgan fingerprint density at radius 3 is 1.45 bits per heavy atom. The summed E-state index contributed by atoms with van der Waals surface area (Å²) in [6.45, 7) is 3.24. The zero-order valence-corrected chi connectivity index (χ0v) is 39.9. The number of unbranched alkanes of at least 4 members (excludes halogenated alkanes) is 30. The summed E-state index contributed by atoms with van der Waals surface area (Å²) in [4.78, 5) is 13.1. The number of nitrogens with one attached hydrogen (secondary N) is 1. The van der Waals surface area contributed by atoms with Crippen LogP contribution in [0.5, 0.6) is 0 Å². The lowest BCUT2D eigenvalue weighted by Crippen LogP contribution is -2.61. The molecule has 0 bridgehead atoms. The van der Waals surface area contributed by atoms with Gasteiger partial charge in [0.15, 0.2) is 6.29 Å². The monoisotopic (exact) mass is 908 g/mol. The fraction of sp³-hybridized carbons (Fsp3) is 0.938. The summed E-state index contributed by atoms with van der Waals surface area (Å²) >= 11 is 0. The SMILES string of the molecule is CCCCCCCCCCCCCCCCCC/C=C/C(O)C(COC1OC(CO)C(O)C(OS(=O)(=O)O)C1O)NC(=O)C(O)CCCCCCCCCCCCCCCCC. The largest absolute Gasteiger partial charge is 0.397 e. The van der Waals surface area contributed by atoms with Crippen LogP contribution >= 0.6 is 0 Å². The summed E-state index contributed by atoms with van der Waals surface area (Å²) in [5, 5.41) is 55.3. The topological polar surface area (TPSA) is 212 Å². The molecule has 1 amide bonds. The maximum atomic E-state index is 13.1. The molecule has 1 fully saturated rings. The second-order valence-corrected chi connectivity index (χ2v) is 19.0. The minimum Gasteiger partial charge on any atom is -0.394 e. The standard InChI is InChI=1S/C48H93NO12S/c1-3-5-7-9-11-13-15-17-19-20-21-23-24-26-28-30-32-34-36-41(51)40(39-59-48-45(54)46(61-62(56,57)58)44(53)43(38-50)60-48)49-47(55)42(52)37-35-33-31-29-27-25-22-18-16-14-12-10-8-6-4-2/h34,36,40-46,48,50-54H,3-33,35,37-39H2,1-2H3,(H,49,55)(H,56,57,58)/b36-34+. The van der Waals surface area contributed by atoms with Gasteiger partial charge in [0.2, 0.25) is 5.91 Å². The number of hydrogen-bond acceptors (Lipinski definition) is 11. The van der Waals surface area contributed by atoms with Crippen LogP contribution in [0.15, 0.2) is 12.2 Å². The molecule has 1 saturated heterocycles. The molecule has 368 valence electrons. The van der Waals surface area contributed by atoms with Crippen LogP contribution in [0.1, 0.15) is 226 Å². The van der Waals surface area contributed by atoms with E-state index in [9.17, 15) is 43.3 Å². The van der Waals surface area contributed by atoms with Crippen LogP contribution in [0.4, 0.5) is 0 Å². The van der Waals surface area contributed by atoms with Crippen LogP contribution in [-0.2, 0) is 28.9 Å². The van der Waals surface area contributed by atoms with E-state index in [1.54, 1.807) is 6.08 Å². The molecule has 0 aliphatic carbocycles. The molecule has 0 spiro atoms. The number of carbonyl (C=O) groups is 1. The van der Waals surface area contributed by atoms with E-state index in [2.05, 4.69) is 23.3 Å². The number of carbonyl (C=O) groups excluding carboxylic acids is 1. The number of aliphatic hydroxyl groups is 5. The van der Waals surface area contributed by atoms with Crippen LogP contribution < -0.4 is 5.32 Å². The second-order valence-electron chi connectivity index (χ2n) is 17.9. The molecule has 13 nitrogen and oxygen atoms in total. The zero-order chi connectivity index (χ0) is 45.7. The van der Waals surface area contributed by atoms with Gasteiger partial charge in [0.1, 0.15) is 30.5 Å². The fourth-order valence-corrected chi connectivity index (χ4v) is 8.68. The van der Waals surface area contributed by atoms with Crippen molar-refractivity contribution in [2.45, 2.75) is 275 Å². The highest BCUT2D eigenvalue weighted by Gasteiger charge is 2.48. The molecule has 1 aliphatic rings. The van der Waals surface area contributed by atoms with Gasteiger partial charge in [-0.3, -0.25) is 9.35 Å². The van der Waals surface area contributed by atoms with Gasteiger partial charge in [-0.15, -0.1) is 0 Å². The Hall–Kier alpha value is -1.20. The predicted molar refractivity (Wildman–Crippen MR) is 247 cm³/mol. The van der Waals surface area contributed by atoms with E-state index < -0.39 is 78.5 Å². The van der Waals surface area contributed by atoms with Crippen molar-refractivity contribution < 1.29 is 57.0 Å². The molecule has 14 heteroatoms. The van der Waals surface area contributed by atoms with E-state index in [0.717, 1.165) is 38.5 Å². The lowest BCUT2D eigenvalue weighted by molar-refractivity contribution is -0.298. The van der Waals surface area contributed by atoms with Gasteiger partial charge in [-0.25, -0.2) is 4.18 Å². The summed E-state index contributed by atoms with van der Waals surface area (Å²) in [7, 11) is -5.12. The molecule has 0 aromatic rings. The number of amides is 1. The van der Waals surface area contributed by atoms with E-state index in [-0.39, 0.29) is 6.42 Å². The van der Waals surface area contributed by atoms with Gasteiger partial charge in [-0.2, -0.15) is 8.42 Å². The molecule has 8 unspecified atom stereocenters. The van der Waals surface area contributed by atoms with Crippen molar-refractivity contribution >= 4 is 16.3 Å². The van der Waals surface area contributed by atoms with Gasteiger partial charge in [-0.1, -0.05) is 219 Å². The average Bonchev–Trinajstić information content (AvgIpc) is 3.24. The highest BCUT2D eigenvalue weighted by molar-refractivity contribution is 7.80. The van der Waals surface area contributed by atoms with Crippen LogP contribution in [0.3, 0.4) is 0 Å². The maximum Gasteiger partial charge on any atom is 0.397 e. The van der Waals surface area contributed by atoms with E-state index in [0.29, 0.717) is 12.8 Å². The van der Waals surface area contributed by atoms with Crippen LogP contribution in [0, 0.1) is 0 Å². The molecule has 1 aliphatic heterocycles. The lowest BCUT2D eigenvalue weighted by atomic mass is 9.99. The van der Waals surface area contributed by atoms with Crippen molar-refractivity contribution in [3.8, 4) is 0 Å². The summed E-state index contributed by atoms with van der Waals surface area (Å²) in [5.74, 6) is -0.699. The van der Waals surface area contributed by atoms with E-state index >= 15 is 0 Å². The van der Waals surface area contributed by atoms with Crippen molar-refractivity contribution in [2.75, 3.05) is 13.2 Å². The van der Waals surface area contributed by atoms with Gasteiger partial charge in [0, 0.05) is 0 Å². The van der Waals surface area contributed by atoms with E-state index in [1.807, 2.05) is 6.08 Å². The van der Waals surface area contributed by atoms with Crippen molar-refractivity contribution in [3.63, 3.8) is 0 Å². The minimum atomic E-state index is -5.12. The molecule has 1 rings (SSSR count). The number of hydrogen-bond donors (Lipinski definition) is 7. The Balaban J connectivity index is 2.54. The third kappa shape index (κ3) is 30.8. The van der Waals surface area contributed by atoms with Crippen molar-refractivity contribution in [2.24, 2.45) is 0 Å². The molecule has 1 heterocycles. The van der Waals surface area contributed by atoms with E-state index in [4.69, 9.17) is 9.47 Å². The Kier molecular flexibility index (Phi) is 37.0. The molecule has 7 N–H and O–H groups in total. The Bertz CT molecular complexity index is 1180. The minimum absolute atomic E-state index is 0.248. The van der Waals surface area contributed by atoms with Gasteiger partial charge < -0.3 is 40.3 Å². The zero-order valence-electron chi connectivity index (χ0n) is 39.1. The van der Waals surface area contributed by atoms with Crippen LogP contribution in [-0.4, -0.2) is 107 Å². The molecule has 0 aromatic heterocycles. The highest BCUT2D eigenvalue weighted by Crippen LogP contribution is 2.26. The molecule has 0 radical (unpaired) electrons. The summed E-state index contributed by atoms with van der Waals surface area (Å²) in [6.07, 6.45) is 31.4. The number of rotatable bonds is 43. The first-order chi connectivity index (χ1) is 29.9. The third-order valence-electron chi connectivity index (χ3n) is 12.2. The first-order valence-corrected chi connectivity index (χ1v) is 26.5. The summed E-state index contributed by atoms with van der Waals surface area (Å²) in [5.41, 5.74) is 0. The molecular formula is C48H93NO12S. The fourth-order valence-electron chi connectivity index (χ4n) is 8.17. The second kappa shape index (κ2) is 39.0. The number of aliphatic hydroxyl groups excluding tert-OH is 5. The van der Waals surface area contributed by atoms with Gasteiger partial charge >= 0.3 is 10.4 Å². The summed E-state index contributed by atoms with van der Waals surface area (Å²) < 4.78 is 47.6. The molecule has 0 aromatic carbocycles. The quantitative estimate of drug-likeness (QED) is 0.0173. The van der Waals surface area contributed by atoms with Crippen molar-refractivity contribution in [1.82, 2.24) is 5.32 Å². The van der Waals surface area contributed by atoms with Crippen LogP contribution in [0.25, 0.3) is 0 Å². The molecule has 0 saturated carbocycles. The van der Waals surface area contributed by atoms with Gasteiger partial charge in [0.05, 0.1) is 25.4 Å². The first-order valence-electron chi connectivity index (χ1n) is 25.2. The normalized spacial score (nSPS) is 21.1. The lowest BCUT2D eigenvalue weighted by Gasteiger charge is -2.41. The molecular weight excluding hydrogens is 815 g/mol. The third-order valence-corrected chi connectivity index (χ3v) is 12.6. The maximum absolute atomic E-state index is 13.1. The van der Waals surface area contributed by atoms with Gasteiger partial charge in [0.25, 0.3) is 0 Å². The number of allylic oxidation sites excluding steroid dienone is 1. The predicted octanol–water partition coefficient (Wildman–Crippen LogP) is 9.31. The van der Waals surface area contributed by atoms with Crippen molar-refractivity contribution in [1.29, 1.82) is 0 Å². The number of ether oxygens (including phenoxy) is 2. The van der Waals surface area contributed by atoms with Crippen molar-refractivity contribution in [3.05, 3.63) is 12.2 Å². The molecule has 62 heavy (non-hydrogen) atoms. The van der Waals surface area contributed by atoms with E-state index in [1.165, 1.54) is 154 Å². The highest BCUT2D eigenvalue weighted by atomic mass is 32.3. The summed E-state index contributed by atoms with van der Waals surface area (Å²) in [6, 6.07) is -1.11. The Morgan fingerprint density at radius 2 is 1.05 bits per heavy atom. The average molecular weight is 908 g/mol. The first kappa shape index (κ1) is 58.8. The smallest absolute Gasteiger partial charge is 0.394 e. The van der Waals surface area contributed by atoms with Gasteiger partial charge in [-0.05, 0) is 19.3 Å². The Morgan fingerprint density at radius 1 is 0.645 bits per heavy atom. The van der Waals surface area contributed by atoms with Crippen LogP contribution in [0.2, 0.25) is 0 Å². The molecule has 8 atom stereocenters. The Labute approximate surface area is 377 Å².